The minimum atomic E-state index is 0.117. The SMILES string of the molecule is N=c1nc(C2CCOCC2)c2ccc3n(c-2n1)CCN3. The Bertz CT molecular complexity index is 674. The third-order valence-corrected chi connectivity index (χ3v) is 4.16. The number of rotatable bonds is 1. The Labute approximate surface area is 116 Å². The highest BCUT2D eigenvalue weighted by Gasteiger charge is 2.25. The molecule has 0 radical (unpaired) electrons. The van der Waals surface area contributed by atoms with Gasteiger partial charge in [0.25, 0.3) is 0 Å². The van der Waals surface area contributed by atoms with Gasteiger partial charge in [0.05, 0.1) is 5.69 Å². The van der Waals surface area contributed by atoms with Crippen LogP contribution in [0.1, 0.15) is 24.5 Å². The van der Waals surface area contributed by atoms with Gasteiger partial charge in [-0.25, -0.2) is 4.98 Å². The molecule has 1 saturated heterocycles. The molecule has 20 heavy (non-hydrogen) atoms. The van der Waals surface area contributed by atoms with E-state index >= 15 is 0 Å². The minimum Gasteiger partial charge on any atom is -0.381 e. The lowest BCUT2D eigenvalue weighted by Gasteiger charge is -2.24. The Balaban J connectivity index is 1.90. The molecule has 4 aliphatic heterocycles. The molecule has 0 atom stereocenters. The third kappa shape index (κ3) is 1.79. The van der Waals surface area contributed by atoms with Gasteiger partial charge in [-0.05, 0) is 25.0 Å². The first kappa shape index (κ1) is 11.8. The van der Waals surface area contributed by atoms with Crippen LogP contribution < -0.4 is 10.9 Å². The summed E-state index contributed by atoms with van der Waals surface area (Å²) < 4.78 is 7.58. The van der Waals surface area contributed by atoms with Crippen LogP contribution >= 0.6 is 0 Å². The van der Waals surface area contributed by atoms with Crippen LogP contribution in [-0.2, 0) is 11.3 Å². The third-order valence-electron chi connectivity index (χ3n) is 4.16. The topological polar surface area (TPSA) is 75.8 Å². The van der Waals surface area contributed by atoms with E-state index in [1.807, 2.05) is 0 Å². The molecule has 1 fully saturated rings. The van der Waals surface area contributed by atoms with Crippen LogP contribution in [0, 0.1) is 5.41 Å². The van der Waals surface area contributed by atoms with Crippen molar-refractivity contribution in [3.8, 4) is 11.4 Å². The molecule has 0 bridgehead atoms. The Kier molecular flexibility index (Phi) is 2.70. The molecule has 6 heteroatoms. The summed E-state index contributed by atoms with van der Waals surface area (Å²) in [4.78, 5) is 8.77. The van der Waals surface area contributed by atoms with Gasteiger partial charge >= 0.3 is 0 Å². The van der Waals surface area contributed by atoms with Gasteiger partial charge in [-0.2, -0.15) is 4.98 Å². The lowest BCUT2D eigenvalue weighted by molar-refractivity contribution is 0.0845. The fourth-order valence-electron chi connectivity index (χ4n) is 3.17. The van der Waals surface area contributed by atoms with Crippen LogP contribution in [0.5, 0.6) is 0 Å². The number of aromatic nitrogens is 3. The Morgan fingerprint density at radius 2 is 2.10 bits per heavy atom. The summed E-state index contributed by atoms with van der Waals surface area (Å²) in [6, 6.07) is 4.18. The molecule has 0 amide bonds. The highest BCUT2D eigenvalue weighted by atomic mass is 16.5. The molecule has 0 aromatic rings. The van der Waals surface area contributed by atoms with Gasteiger partial charge in [0.2, 0.25) is 5.62 Å². The molecule has 104 valence electrons. The van der Waals surface area contributed by atoms with Crippen molar-refractivity contribution in [3.63, 3.8) is 0 Å². The molecule has 0 unspecified atom stereocenters. The molecular formula is C14H17N5O. The first-order valence-corrected chi connectivity index (χ1v) is 7.10. The van der Waals surface area contributed by atoms with E-state index in [9.17, 15) is 0 Å². The zero-order valence-corrected chi connectivity index (χ0v) is 11.2. The number of ether oxygens (including phenoxy) is 1. The van der Waals surface area contributed by atoms with E-state index in [4.69, 9.17) is 10.1 Å². The second-order valence-electron chi connectivity index (χ2n) is 5.35. The summed E-state index contributed by atoms with van der Waals surface area (Å²) in [5, 5.41) is 11.2. The smallest absolute Gasteiger partial charge is 0.244 e. The van der Waals surface area contributed by atoms with Gasteiger partial charge in [-0.15, -0.1) is 0 Å². The second kappa shape index (κ2) is 4.56. The lowest BCUT2D eigenvalue weighted by Crippen LogP contribution is -2.24. The van der Waals surface area contributed by atoms with E-state index in [1.54, 1.807) is 0 Å². The van der Waals surface area contributed by atoms with Crippen LogP contribution in [0.4, 0.5) is 5.82 Å². The van der Waals surface area contributed by atoms with Gasteiger partial charge in [0, 0.05) is 37.8 Å². The van der Waals surface area contributed by atoms with Crippen molar-refractivity contribution >= 4 is 5.82 Å². The molecule has 0 aromatic carbocycles. The second-order valence-corrected chi connectivity index (χ2v) is 5.35. The van der Waals surface area contributed by atoms with Gasteiger partial charge in [0.1, 0.15) is 11.6 Å². The number of hydrogen-bond acceptors (Lipinski definition) is 5. The van der Waals surface area contributed by atoms with Crippen LogP contribution in [0.2, 0.25) is 0 Å². The van der Waals surface area contributed by atoms with Crippen molar-refractivity contribution in [2.24, 2.45) is 0 Å². The Hall–Kier alpha value is -1.95. The minimum absolute atomic E-state index is 0.117. The number of fused-ring (bicyclic) bond motifs is 3. The van der Waals surface area contributed by atoms with Crippen LogP contribution in [0.25, 0.3) is 11.4 Å². The molecule has 0 aromatic heterocycles. The van der Waals surface area contributed by atoms with Crippen LogP contribution in [0.15, 0.2) is 12.1 Å². The zero-order chi connectivity index (χ0) is 13.5. The average Bonchev–Trinajstić information content (AvgIpc) is 2.96. The summed E-state index contributed by atoms with van der Waals surface area (Å²) in [6.45, 7) is 3.38. The van der Waals surface area contributed by atoms with Gasteiger partial charge in [0.15, 0.2) is 0 Å². The number of hydrogen-bond donors (Lipinski definition) is 2. The summed E-state index contributed by atoms with van der Waals surface area (Å²) in [7, 11) is 0. The molecule has 4 heterocycles. The molecule has 6 nitrogen and oxygen atoms in total. The van der Waals surface area contributed by atoms with Crippen molar-refractivity contribution in [2.45, 2.75) is 25.3 Å². The molecule has 4 rings (SSSR count). The van der Waals surface area contributed by atoms with Gasteiger partial charge in [-0.1, -0.05) is 0 Å². The van der Waals surface area contributed by atoms with E-state index < -0.39 is 0 Å². The molecule has 0 saturated carbocycles. The van der Waals surface area contributed by atoms with Crippen molar-refractivity contribution < 1.29 is 4.74 Å². The number of pyridine rings is 1. The molecule has 2 N–H and O–H groups in total. The molecular weight excluding hydrogens is 254 g/mol. The van der Waals surface area contributed by atoms with E-state index in [-0.39, 0.29) is 5.62 Å². The summed E-state index contributed by atoms with van der Waals surface area (Å²) in [5.41, 5.74) is 2.22. The monoisotopic (exact) mass is 271 g/mol. The van der Waals surface area contributed by atoms with E-state index in [0.29, 0.717) is 5.92 Å². The van der Waals surface area contributed by atoms with Crippen molar-refractivity contribution in [2.75, 3.05) is 25.1 Å². The first-order valence-electron chi connectivity index (χ1n) is 7.10. The summed E-state index contributed by atoms with van der Waals surface area (Å²) in [5.74, 6) is 2.34. The normalized spacial score (nSPS) is 19.0. The molecule has 0 aliphatic carbocycles. The van der Waals surface area contributed by atoms with E-state index in [0.717, 1.165) is 62.0 Å². The maximum Gasteiger partial charge on any atom is 0.244 e. The van der Waals surface area contributed by atoms with Crippen molar-refractivity contribution in [1.29, 1.82) is 5.41 Å². The van der Waals surface area contributed by atoms with Gasteiger partial charge in [-0.3, -0.25) is 5.41 Å². The summed E-state index contributed by atoms with van der Waals surface area (Å²) >= 11 is 0. The fraction of sp³-hybridized carbons (Fsp3) is 0.500. The molecule has 0 spiro atoms. The quantitative estimate of drug-likeness (QED) is 0.816. The van der Waals surface area contributed by atoms with E-state index in [1.165, 1.54) is 0 Å². The average molecular weight is 271 g/mol. The fourth-order valence-corrected chi connectivity index (χ4v) is 3.17. The van der Waals surface area contributed by atoms with Crippen molar-refractivity contribution in [3.05, 3.63) is 23.4 Å². The lowest BCUT2D eigenvalue weighted by atomic mass is 9.92. The predicted molar refractivity (Wildman–Crippen MR) is 73.8 cm³/mol. The van der Waals surface area contributed by atoms with Crippen LogP contribution in [0.3, 0.4) is 0 Å². The number of anilines is 1. The largest absolute Gasteiger partial charge is 0.381 e. The van der Waals surface area contributed by atoms with Crippen molar-refractivity contribution in [1.82, 2.24) is 14.5 Å². The Morgan fingerprint density at radius 3 is 2.95 bits per heavy atom. The number of nitrogens with zero attached hydrogens (tertiary/aromatic N) is 3. The zero-order valence-electron chi connectivity index (χ0n) is 11.2. The van der Waals surface area contributed by atoms with Gasteiger partial charge < -0.3 is 14.6 Å². The number of nitrogens with one attached hydrogen (secondary N) is 2. The van der Waals surface area contributed by atoms with E-state index in [2.05, 4.69) is 32.0 Å². The highest BCUT2D eigenvalue weighted by Crippen LogP contribution is 2.34. The first-order chi connectivity index (χ1) is 9.83. The highest BCUT2D eigenvalue weighted by molar-refractivity contribution is 5.65. The Morgan fingerprint density at radius 1 is 1.25 bits per heavy atom. The van der Waals surface area contributed by atoms with Crippen LogP contribution in [-0.4, -0.2) is 34.3 Å². The predicted octanol–water partition coefficient (Wildman–Crippen LogP) is 1.18. The molecule has 4 aliphatic rings. The maximum absolute atomic E-state index is 7.91. The standard InChI is InChI=1S/C14H17N5O/c15-14-17-12(9-3-7-20-8-4-9)10-1-2-11-16-5-6-19(11)13(10)18-14/h1-2,9,15-16H,3-8H2. The summed E-state index contributed by atoms with van der Waals surface area (Å²) in [6.07, 6.45) is 1.96. The maximum atomic E-state index is 7.91.